The van der Waals surface area contributed by atoms with Crippen LogP contribution < -0.4 is 5.19 Å². The molecular weight excluding hydrogens is 244 g/mol. The molecule has 3 heteroatoms. The zero-order valence-corrected chi connectivity index (χ0v) is 12.7. The normalized spacial score (nSPS) is 12.5. The standard InChI is InChI=1S/C14H16OSSi/c15-16(10-12-5-2-1-3-6-12)11-13-7-4-8-14(17)9-13/h1-9H,10-11H2,17H3. The van der Waals surface area contributed by atoms with E-state index in [9.17, 15) is 4.55 Å². The van der Waals surface area contributed by atoms with Gasteiger partial charge in [-0.3, -0.25) is 0 Å². The summed E-state index contributed by atoms with van der Waals surface area (Å²) in [4.78, 5) is 0. The first kappa shape index (κ1) is 12.4. The highest BCUT2D eigenvalue weighted by Gasteiger charge is 2.08. The molecule has 0 aliphatic carbocycles. The molecule has 0 N–H and O–H groups in total. The van der Waals surface area contributed by atoms with Crippen molar-refractivity contribution in [3.05, 3.63) is 65.7 Å². The van der Waals surface area contributed by atoms with Crippen molar-refractivity contribution in [2.24, 2.45) is 0 Å². The molecule has 0 amide bonds. The molecule has 0 radical (unpaired) electrons. The van der Waals surface area contributed by atoms with E-state index in [-0.39, 0.29) is 0 Å². The van der Waals surface area contributed by atoms with Crippen LogP contribution in [-0.2, 0) is 22.7 Å². The van der Waals surface area contributed by atoms with Gasteiger partial charge in [-0.05, 0) is 11.2 Å². The summed E-state index contributed by atoms with van der Waals surface area (Å²) in [5, 5.41) is 1.36. The molecule has 1 atom stereocenters. The molecule has 0 aromatic heterocycles. The first-order valence-corrected chi connectivity index (χ1v) is 8.17. The summed E-state index contributed by atoms with van der Waals surface area (Å²) in [6.07, 6.45) is 0. The minimum Gasteiger partial charge on any atom is -0.616 e. The molecule has 1 nitrogen and oxygen atoms in total. The second kappa shape index (κ2) is 6.05. The molecule has 0 saturated heterocycles. The van der Waals surface area contributed by atoms with Gasteiger partial charge in [0, 0.05) is 21.4 Å². The zero-order chi connectivity index (χ0) is 12.1. The number of benzene rings is 2. The Hall–Kier alpha value is -1.03. The lowest BCUT2D eigenvalue weighted by Crippen LogP contribution is -2.10. The molecule has 2 aromatic carbocycles. The van der Waals surface area contributed by atoms with Crippen molar-refractivity contribution in [1.29, 1.82) is 0 Å². The summed E-state index contributed by atoms with van der Waals surface area (Å²) >= 11 is -0.815. The third-order valence-corrected chi connectivity index (χ3v) is 4.51. The molecule has 0 heterocycles. The minimum absolute atomic E-state index is 0.645. The van der Waals surface area contributed by atoms with Gasteiger partial charge in [0.15, 0.2) is 0 Å². The second-order valence-electron chi connectivity index (χ2n) is 4.20. The predicted molar refractivity (Wildman–Crippen MR) is 78.0 cm³/mol. The summed E-state index contributed by atoms with van der Waals surface area (Å²) < 4.78 is 12.0. The Morgan fingerprint density at radius 3 is 2.24 bits per heavy atom. The molecule has 0 aliphatic rings. The van der Waals surface area contributed by atoms with Gasteiger partial charge in [0.25, 0.3) is 0 Å². The van der Waals surface area contributed by atoms with Crippen LogP contribution in [0.2, 0.25) is 0 Å². The topological polar surface area (TPSA) is 23.1 Å². The van der Waals surface area contributed by atoms with Gasteiger partial charge in [-0.2, -0.15) is 0 Å². The van der Waals surface area contributed by atoms with Crippen molar-refractivity contribution in [2.75, 3.05) is 0 Å². The molecule has 0 fully saturated rings. The highest BCUT2D eigenvalue weighted by Crippen LogP contribution is 2.11. The number of hydrogen-bond acceptors (Lipinski definition) is 1. The van der Waals surface area contributed by atoms with Crippen molar-refractivity contribution in [3.8, 4) is 0 Å². The third kappa shape index (κ3) is 4.04. The van der Waals surface area contributed by atoms with Crippen LogP contribution in [0.15, 0.2) is 54.6 Å². The van der Waals surface area contributed by atoms with Crippen LogP contribution in [0.5, 0.6) is 0 Å². The summed E-state index contributed by atoms with van der Waals surface area (Å²) in [7, 11) is 1.05. The Balaban J connectivity index is 1.96. The average molecular weight is 260 g/mol. The Labute approximate surface area is 108 Å². The van der Waals surface area contributed by atoms with Crippen LogP contribution in [0, 0.1) is 0 Å². The van der Waals surface area contributed by atoms with Crippen LogP contribution in [0.1, 0.15) is 11.1 Å². The average Bonchev–Trinajstić information content (AvgIpc) is 2.30. The molecule has 88 valence electrons. The van der Waals surface area contributed by atoms with E-state index in [2.05, 4.69) is 24.3 Å². The van der Waals surface area contributed by atoms with Crippen LogP contribution >= 0.6 is 0 Å². The number of rotatable bonds is 4. The first-order chi connectivity index (χ1) is 8.24. The fourth-order valence-electron chi connectivity index (χ4n) is 1.80. The molecule has 0 aliphatic heterocycles. The molecular formula is C14H16OSSi. The first-order valence-electron chi connectivity index (χ1n) is 5.68. The van der Waals surface area contributed by atoms with Crippen molar-refractivity contribution >= 4 is 26.6 Å². The number of hydrogen-bond donors (Lipinski definition) is 0. The quantitative estimate of drug-likeness (QED) is 0.597. The maximum absolute atomic E-state index is 12.0. The van der Waals surface area contributed by atoms with Gasteiger partial charge in [-0.15, -0.1) is 0 Å². The summed E-state index contributed by atoms with van der Waals surface area (Å²) in [5.74, 6) is 1.30. The Morgan fingerprint density at radius 2 is 1.53 bits per heavy atom. The maximum Gasteiger partial charge on any atom is 0.131 e. The zero-order valence-electron chi connectivity index (χ0n) is 9.93. The Bertz CT molecular complexity index is 473. The fraction of sp³-hybridized carbons (Fsp3) is 0.143. The molecule has 0 bridgehead atoms. The van der Waals surface area contributed by atoms with Gasteiger partial charge >= 0.3 is 0 Å². The summed E-state index contributed by atoms with van der Waals surface area (Å²) in [5.41, 5.74) is 2.33. The van der Waals surface area contributed by atoms with Gasteiger partial charge in [0.2, 0.25) is 0 Å². The fourth-order valence-corrected chi connectivity index (χ4v) is 3.58. The Morgan fingerprint density at radius 1 is 0.882 bits per heavy atom. The third-order valence-electron chi connectivity index (χ3n) is 2.58. The highest BCUT2D eigenvalue weighted by atomic mass is 32.2. The lowest BCUT2D eigenvalue weighted by atomic mass is 10.2. The predicted octanol–water partition coefficient (Wildman–Crippen LogP) is 1.13. The lowest BCUT2D eigenvalue weighted by molar-refractivity contribution is 0.593. The summed E-state index contributed by atoms with van der Waals surface area (Å²) in [6, 6.07) is 18.4. The van der Waals surface area contributed by atoms with E-state index in [0.29, 0.717) is 11.5 Å². The van der Waals surface area contributed by atoms with Gasteiger partial charge < -0.3 is 4.55 Å². The SMILES string of the molecule is [O-][S+](Cc1ccccc1)Cc1cccc([SiH3])c1. The Kier molecular flexibility index (Phi) is 4.42. The van der Waals surface area contributed by atoms with E-state index in [4.69, 9.17) is 0 Å². The van der Waals surface area contributed by atoms with E-state index in [0.717, 1.165) is 15.8 Å². The van der Waals surface area contributed by atoms with Crippen LogP contribution in [0.4, 0.5) is 0 Å². The summed E-state index contributed by atoms with van der Waals surface area (Å²) in [6.45, 7) is 0. The molecule has 2 rings (SSSR count). The molecule has 0 spiro atoms. The van der Waals surface area contributed by atoms with Crippen molar-refractivity contribution in [2.45, 2.75) is 11.5 Å². The van der Waals surface area contributed by atoms with E-state index in [1.54, 1.807) is 0 Å². The van der Waals surface area contributed by atoms with Gasteiger partial charge in [0.1, 0.15) is 11.5 Å². The van der Waals surface area contributed by atoms with Crippen LogP contribution in [0.3, 0.4) is 0 Å². The largest absolute Gasteiger partial charge is 0.616 e. The van der Waals surface area contributed by atoms with Crippen LogP contribution in [0.25, 0.3) is 0 Å². The van der Waals surface area contributed by atoms with Gasteiger partial charge in [0.05, 0.1) is 0 Å². The molecule has 17 heavy (non-hydrogen) atoms. The molecule has 0 saturated carbocycles. The monoisotopic (exact) mass is 260 g/mol. The molecule has 1 unspecified atom stereocenters. The van der Waals surface area contributed by atoms with E-state index in [1.165, 1.54) is 10.8 Å². The smallest absolute Gasteiger partial charge is 0.131 e. The van der Waals surface area contributed by atoms with Gasteiger partial charge in [-0.25, -0.2) is 0 Å². The van der Waals surface area contributed by atoms with E-state index in [1.807, 2.05) is 30.3 Å². The van der Waals surface area contributed by atoms with Crippen molar-refractivity contribution < 1.29 is 4.55 Å². The lowest BCUT2D eigenvalue weighted by Gasteiger charge is -2.11. The van der Waals surface area contributed by atoms with Crippen LogP contribution in [-0.4, -0.2) is 14.8 Å². The molecule has 2 aromatic rings. The van der Waals surface area contributed by atoms with E-state index >= 15 is 0 Å². The highest BCUT2D eigenvalue weighted by molar-refractivity contribution is 7.89. The van der Waals surface area contributed by atoms with E-state index < -0.39 is 11.2 Å². The minimum atomic E-state index is -0.815. The van der Waals surface area contributed by atoms with Crippen molar-refractivity contribution in [1.82, 2.24) is 0 Å². The van der Waals surface area contributed by atoms with Gasteiger partial charge in [-0.1, -0.05) is 59.8 Å². The maximum atomic E-state index is 12.0. The van der Waals surface area contributed by atoms with Crippen molar-refractivity contribution in [3.63, 3.8) is 0 Å². The second-order valence-corrected chi connectivity index (χ2v) is 6.81.